The van der Waals surface area contributed by atoms with Gasteiger partial charge in [0.15, 0.2) is 0 Å². The molecule has 1 N–H and O–H groups in total. The Kier molecular flexibility index (Phi) is 3.72. The molecule has 0 radical (unpaired) electrons. The summed E-state index contributed by atoms with van der Waals surface area (Å²) in [6, 6.07) is 8.20. The van der Waals surface area contributed by atoms with Crippen LogP contribution in [0.15, 0.2) is 28.7 Å². The van der Waals surface area contributed by atoms with Gasteiger partial charge in [0, 0.05) is 25.1 Å². The van der Waals surface area contributed by atoms with Crippen molar-refractivity contribution in [1.29, 1.82) is 0 Å². The Bertz CT molecular complexity index is 248. The highest BCUT2D eigenvalue weighted by Gasteiger charge is 1.97. The summed E-state index contributed by atoms with van der Waals surface area (Å²) in [5, 5.41) is 1.94. The molecule has 0 fully saturated rings. The molecule has 0 atom stereocenters. The molecular formula is C9H13BrN2. The lowest BCUT2D eigenvalue weighted by atomic mass is 10.2. The van der Waals surface area contributed by atoms with Gasteiger partial charge >= 0.3 is 0 Å². The molecule has 66 valence electrons. The van der Waals surface area contributed by atoms with Crippen LogP contribution in [0, 0.1) is 0 Å². The van der Waals surface area contributed by atoms with E-state index in [1.807, 2.05) is 37.3 Å². The molecule has 0 aliphatic carbocycles. The molecule has 0 aliphatic heterocycles. The highest BCUT2D eigenvalue weighted by atomic mass is 79.9. The Hall–Kier alpha value is -0.380. The summed E-state index contributed by atoms with van der Waals surface area (Å²) < 4.78 is 1.15. The van der Waals surface area contributed by atoms with Crippen molar-refractivity contribution in [3.8, 4) is 0 Å². The Morgan fingerprint density at radius 2 is 2.00 bits per heavy atom. The van der Waals surface area contributed by atoms with Crippen LogP contribution in [0.1, 0.15) is 5.56 Å². The number of hydrogen-bond acceptors (Lipinski definition) is 2. The molecule has 0 amide bonds. The number of nitrogens with one attached hydrogen (secondary N) is 1. The maximum absolute atomic E-state index is 3.49. The molecule has 0 spiro atoms. The van der Waals surface area contributed by atoms with Crippen molar-refractivity contribution < 1.29 is 0 Å². The topological polar surface area (TPSA) is 15.3 Å². The third-order valence-corrected chi connectivity index (χ3v) is 2.32. The predicted octanol–water partition coefficient (Wildman–Crippen LogP) is 2.02. The Balaban J connectivity index is 2.57. The van der Waals surface area contributed by atoms with Gasteiger partial charge in [0.2, 0.25) is 0 Å². The number of nitrogens with zero attached hydrogens (tertiary/aromatic N) is 1. The first-order valence-electron chi connectivity index (χ1n) is 3.84. The van der Waals surface area contributed by atoms with E-state index in [0.717, 1.165) is 11.0 Å². The van der Waals surface area contributed by atoms with Gasteiger partial charge in [0.1, 0.15) is 0 Å². The van der Waals surface area contributed by atoms with Crippen molar-refractivity contribution in [2.75, 3.05) is 14.1 Å². The first-order valence-corrected chi connectivity index (χ1v) is 4.63. The third kappa shape index (κ3) is 2.93. The zero-order valence-corrected chi connectivity index (χ0v) is 8.93. The Morgan fingerprint density at radius 3 is 2.58 bits per heavy atom. The molecule has 0 saturated heterocycles. The van der Waals surface area contributed by atoms with Gasteiger partial charge in [-0.3, -0.25) is 10.4 Å². The fourth-order valence-electron chi connectivity index (χ4n) is 0.885. The molecule has 2 nitrogen and oxygen atoms in total. The minimum absolute atomic E-state index is 0.856. The van der Waals surface area contributed by atoms with Crippen molar-refractivity contribution >= 4 is 15.9 Å². The number of hydrazine groups is 1. The zero-order chi connectivity index (χ0) is 8.97. The van der Waals surface area contributed by atoms with Crippen LogP contribution in [-0.4, -0.2) is 19.1 Å². The van der Waals surface area contributed by atoms with Crippen LogP contribution < -0.4 is 5.43 Å². The smallest absolute Gasteiger partial charge is 0.0364 e. The third-order valence-electron chi connectivity index (χ3n) is 1.54. The minimum atomic E-state index is 0.856. The van der Waals surface area contributed by atoms with Gasteiger partial charge in [-0.25, -0.2) is 0 Å². The first-order chi connectivity index (χ1) is 5.70. The quantitative estimate of drug-likeness (QED) is 0.797. The molecule has 0 bridgehead atoms. The van der Waals surface area contributed by atoms with Crippen LogP contribution in [0.25, 0.3) is 0 Å². The van der Waals surface area contributed by atoms with Gasteiger partial charge in [-0.2, -0.15) is 0 Å². The van der Waals surface area contributed by atoms with Crippen LogP contribution in [-0.2, 0) is 6.54 Å². The monoisotopic (exact) mass is 228 g/mol. The second-order valence-corrected chi connectivity index (χ2v) is 3.68. The van der Waals surface area contributed by atoms with E-state index >= 15 is 0 Å². The van der Waals surface area contributed by atoms with E-state index in [-0.39, 0.29) is 0 Å². The average Bonchev–Trinajstić information content (AvgIpc) is 2.03. The molecule has 0 aliphatic rings. The van der Waals surface area contributed by atoms with Gasteiger partial charge in [0.25, 0.3) is 0 Å². The molecule has 0 unspecified atom stereocenters. The minimum Gasteiger partial charge on any atom is -0.251 e. The van der Waals surface area contributed by atoms with Crippen molar-refractivity contribution in [2.45, 2.75) is 6.54 Å². The predicted molar refractivity (Wildman–Crippen MR) is 54.7 cm³/mol. The van der Waals surface area contributed by atoms with E-state index < -0.39 is 0 Å². The fourth-order valence-corrected chi connectivity index (χ4v) is 1.31. The first kappa shape index (κ1) is 9.71. The summed E-state index contributed by atoms with van der Waals surface area (Å²) in [7, 11) is 3.97. The molecule has 3 heteroatoms. The second-order valence-electron chi connectivity index (χ2n) is 2.82. The molecule has 1 aromatic rings. The van der Waals surface area contributed by atoms with Gasteiger partial charge < -0.3 is 0 Å². The number of rotatable bonds is 3. The van der Waals surface area contributed by atoms with E-state index in [0.29, 0.717) is 0 Å². The van der Waals surface area contributed by atoms with Crippen LogP contribution in [0.5, 0.6) is 0 Å². The lowest BCUT2D eigenvalue weighted by molar-refractivity contribution is 0.285. The highest BCUT2D eigenvalue weighted by Crippen LogP contribution is 2.14. The zero-order valence-electron chi connectivity index (χ0n) is 7.34. The fraction of sp³-hybridized carbons (Fsp3) is 0.333. The highest BCUT2D eigenvalue weighted by molar-refractivity contribution is 9.10. The maximum Gasteiger partial charge on any atom is 0.0364 e. The van der Waals surface area contributed by atoms with E-state index in [2.05, 4.69) is 27.4 Å². The van der Waals surface area contributed by atoms with Gasteiger partial charge in [-0.05, 0) is 11.6 Å². The van der Waals surface area contributed by atoms with Crippen LogP contribution >= 0.6 is 15.9 Å². The number of benzene rings is 1. The second kappa shape index (κ2) is 4.60. The van der Waals surface area contributed by atoms with E-state index in [9.17, 15) is 0 Å². The van der Waals surface area contributed by atoms with Gasteiger partial charge in [0.05, 0.1) is 0 Å². The van der Waals surface area contributed by atoms with Crippen molar-refractivity contribution in [1.82, 2.24) is 10.4 Å². The lowest BCUT2D eigenvalue weighted by Gasteiger charge is -2.12. The molecule has 1 aromatic carbocycles. The van der Waals surface area contributed by atoms with Crippen LogP contribution in [0.3, 0.4) is 0 Å². The van der Waals surface area contributed by atoms with Crippen LogP contribution in [0.4, 0.5) is 0 Å². The molecule has 0 heterocycles. The molecule has 1 rings (SSSR count). The lowest BCUT2D eigenvalue weighted by Crippen LogP contribution is -2.29. The summed E-state index contributed by atoms with van der Waals surface area (Å²) in [5.74, 6) is 0. The Morgan fingerprint density at radius 1 is 1.33 bits per heavy atom. The number of hydrogen-bond donors (Lipinski definition) is 1. The molecule has 0 saturated carbocycles. The summed E-state index contributed by atoms with van der Waals surface area (Å²) in [6.45, 7) is 0.856. The van der Waals surface area contributed by atoms with E-state index in [4.69, 9.17) is 0 Å². The van der Waals surface area contributed by atoms with Crippen LogP contribution in [0.2, 0.25) is 0 Å². The standard InChI is InChI=1S/C9H13BrN2/c1-12(2)11-7-8-5-3-4-6-9(8)10/h3-6,11H,7H2,1-2H3. The van der Waals surface area contributed by atoms with E-state index in [1.165, 1.54) is 5.56 Å². The molecular weight excluding hydrogens is 216 g/mol. The molecule has 0 aromatic heterocycles. The SMILES string of the molecule is CN(C)NCc1ccccc1Br. The average molecular weight is 229 g/mol. The summed E-state index contributed by atoms with van der Waals surface area (Å²) in [5.41, 5.74) is 4.48. The summed E-state index contributed by atoms with van der Waals surface area (Å²) in [4.78, 5) is 0. The van der Waals surface area contributed by atoms with Gasteiger partial charge in [-0.15, -0.1) is 0 Å². The van der Waals surface area contributed by atoms with Gasteiger partial charge in [-0.1, -0.05) is 34.1 Å². The normalized spacial score (nSPS) is 10.7. The largest absolute Gasteiger partial charge is 0.251 e. The number of halogens is 1. The Labute approximate surface area is 81.7 Å². The summed E-state index contributed by atoms with van der Waals surface area (Å²) >= 11 is 3.49. The molecule has 12 heavy (non-hydrogen) atoms. The van der Waals surface area contributed by atoms with E-state index in [1.54, 1.807) is 0 Å². The maximum atomic E-state index is 3.49. The van der Waals surface area contributed by atoms with Crippen molar-refractivity contribution in [3.05, 3.63) is 34.3 Å². The van der Waals surface area contributed by atoms with Crippen molar-refractivity contribution in [2.24, 2.45) is 0 Å². The van der Waals surface area contributed by atoms with Crippen molar-refractivity contribution in [3.63, 3.8) is 0 Å². The summed E-state index contributed by atoms with van der Waals surface area (Å²) in [6.07, 6.45) is 0.